The number of alkyl halides is 3. The fraction of sp³-hybridized carbons (Fsp3) is 0.500. The molecule has 0 atom stereocenters. The van der Waals surface area contributed by atoms with E-state index < -0.39 is 11.7 Å². The van der Waals surface area contributed by atoms with Gasteiger partial charge in [0, 0.05) is 63.1 Å². The number of piperidine rings is 1. The van der Waals surface area contributed by atoms with Crippen LogP contribution < -0.4 is 15.5 Å². The number of nitrogens with zero attached hydrogens (tertiary/aromatic N) is 2. The minimum Gasteiger partial charge on any atom is -0.379 e. The van der Waals surface area contributed by atoms with E-state index in [1.54, 1.807) is 6.07 Å². The Morgan fingerprint density at radius 2 is 1.71 bits per heavy atom. The SMILES string of the molecule is O=C(NCCN1CCOCC1)c1ccc(N2CCC(NCc3cccc(C(F)(F)F)c3)CC2)cc1. The number of morpholine rings is 1. The molecule has 0 aliphatic carbocycles. The molecule has 2 aliphatic rings. The van der Waals surface area contributed by atoms with E-state index in [2.05, 4.69) is 20.4 Å². The van der Waals surface area contributed by atoms with Crippen molar-refractivity contribution >= 4 is 11.6 Å². The zero-order chi connectivity index (χ0) is 24.7. The Bertz CT molecular complexity index is 954. The molecule has 2 N–H and O–H groups in total. The lowest BCUT2D eigenvalue weighted by atomic mass is 10.0. The molecule has 0 saturated carbocycles. The highest BCUT2D eigenvalue weighted by Crippen LogP contribution is 2.29. The Kier molecular flexibility index (Phi) is 8.64. The summed E-state index contributed by atoms with van der Waals surface area (Å²) in [7, 11) is 0. The second kappa shape index (κ2) is 11.9. The first kappa shape index (κ1) is 25.5. The molecule has 0 unspecified atom stereocenters. The predicted octanol–water partition coefficient (Wildman–Crippen LogP) is 3.53. The molecule has 2 heterocycles. The largest absolute Gasteiger partial charge is 0.416 e. The van der Waals surface area contributed by atoms with Crippen LogP contribution in [0.5, 0.6) is 0 Å². The number of carbonyl (C=O) groups is 1. The third-order valence-corrected chi connectivity index (χ3v) is 6.66. The number of benzene rings is 2. The Labute approximate surface area is 204 Å². The molecule has 2 fully saturated rings. The maximum absolute atomic E-state index is 12.9. The lowest BCUT2D eigenvalue weighted by Gasteiger charge is -2.34. The summed E-state index contributed by atoms with van der Waals surface area (Å²) in [5.41, 5.74) is 1.75. The molecule has 6 nitrogen and oxygen atoms in total. The molecule has 35 heavy (non-hydrogen) atoms. The summed E-state index contributed by atoms with van der Waals surface area (Å²) in [6.07, 6.45) is -2.51. The molecule has 2 aromatic rings. The number of nitrogens with one attached hydrogen (secondary N) is 2. The molecule has 0 radical (unpaired) electrons. The molecule has 4 rings (SSSR count). The standard InChI is InChI=1S/C26H33F3N4O2/c27-26(28,29)22-3-1-2-20(18-22)19-31-23-8-11-33(12-9-23)24-6-4-21(5-7-24)25(34)30-10-13-32-14-16-35-17-15-32/h1-7,18,23,31H,8-17,19H2,(H,30,34). The van der Waals surface area contributed by atoms with Crippen molar-refractivity contribution in [2.75, 3.05) is 57.4 Å². The molecule has 1 amide bonds. The van der Waals surface area contributed by atoms with Crippen LogP contribution in [0.2, 0.25) is 0 Å². The minimum absolute atomic E-state index is 0.0673. The smallest absolute Gasteiger partial charge is 0.379 e. The van der Waals surface area contributed by atoms with Crippen molar-refractivity contribution < 1.29 is 22.7 Å². The van der Waals surface area contributed by atoms with Gasteiger partial charge in [0.05, 0.1) is 18.8 Å². The van der Waals surface area contributed by atoms with Gasteiger partial charge in [0.2, 0.25) is 0 Å². The summed E-state index contributed by atoms with van der Waals surface area (Å²) in [4.78, 5) is 17.0. The fourth-order valence-corrected chi connectivity index (χ4v) is 4.54. The second-order valence-corrected chi connectivity index (χ2v) is 9.10. The van der Waals surface area contributed by atoms with Gasteiger partial charge in [0.15, 0.2) is 0 Å². The Balaban J connectivity index is 1.19. The van der Waals surface area contributed by atoms with Gasteiger partial charge in [-0.25, -0.2) is 0 Å². The number of carbonyl (C=O) groups excluding carboxylic acids is 1. The van der Waals surface area contributed by atoms with Crippen LogP contribution >= 0.6 is 0 Å². The van der Waals surface area contributed by atoms with Gasteiger partial charge in [0.25, 0.3) is 5.91 Å². The minimum atomic E-state index is -4.32. The molecule has 2 aliphatic heterocycles. The van der Waals surface area contributed by atoms with E-state index in [4.69, 9.17) is 4.74 Å². The lowest BCUT2D eigenvalue weighted by Crippen LogP contribution is -2.42. The third kappa shape index (κ3) is 7.43. The van der Waals surface area contributed by atoms with Crippen molar-refractivity contribution in [1.82, 2.24) is 15.5 Å². The topological polar surface area (TPSA) is 56.8 Å². The molecule has 9 heteroatoms. The zero-order valence-electron chi connectivity index (χ0n) is 19.8. The van der Waals surface area contributed by atoms with E-state index in [1.165, 1.54) is 12.1 Å². The average molecular weight is 491 g/mol. The third-order valence-electron chi connectivity index (χ3n) is 6.66. The number of hydrogen-bond acceptors (Lipinski definition) is 5. The summed E-state index contributed by atoms with van der Waals surface area (Å²) in [6, 6.07) is 13.4. The molecule has 2 saturated heterocycles. The molecular weight excluding hydrogens is 457 g/mol. The quantitative estimate of drug-likeness (QED) is 0.593. The first-order valence-corrected chi connectivity index (χ1v) is 12.2. The van der Waals surface area contributed by atoms with Gasteiger partial charge in [-0.2, -0.15) is 13.2 Å². The first-order chi connectivity index (χ1) is 16.9. The van der Waals surface area contributed by atoms with Crippen LogP contribution in [0.25, 0.3) is 0 Å². The number of anilines is 1. The molecule has 190 valence electrons. The van der Waals surface area contributed by atoms with Crippen LogP contribution in [-0.2, 0) is 17.5 Å². The summed E-state index contributed by atoms with van der Waals surface area (Å²) < 4.78 is 44.1. The normalized spacial score (nSPS) is 18.0. The number of ether oxygens (including phenoxy) is 1. The van der Waals surface area contributed by atoms with E-state index in [0.717, 1.165) is 70.5 Å². The number of rotatable bonds is 8. The number of halogens is 3. The van der Waals surface area contributed by atoms with Gasteiger partial charge in [-0.05, 0) is 48.7 Å². The number of amides is 1. The van der Waals surface area contributed by atoms with Gasteiger partial charge in [-0.3, -0.25) is 9.69 Å². The van der Waals surface area contributed by atoms with Gasteiger partial charge in [-0.15, -0.1) is 0 Å². The van der Waals surface area contributed by atoms with E-state index in [-0.39, 0.29) is 11.9 Å². The Hall–Kier alpha value is -2.62. The van der Waals surface area contributed by atoms with Crippen LogP contribution in [0.15, 0.2) is 48.5 Å². The molecule has 0 aromatic heterocycles. The number of hydrogen-bond donors (Lipinski definition) is 2. The van der Waals surface area contributed by atoms with Crippen LogP contribution in [0.1, 0.15) is 34.3 Å². The van der Waals surface area contributed by atoms with Gasteiger partial charge in [0.1, 0.15) is 0 Å². The summed E-state index contributed by atoms with van der Waals surface area (Å²) in [5, 5.41) is 6.38. The van der Waals surface area contributed by atoms with Crippen LogP contribution in [-0.4, -0.2) is 69.3 Å². The van der Waals surface area contributed by atoms with Crippen molar-refractivity contribution in [3.05, 3.63) is 65.2 Å². The zero-order valence-corrected chi connectivity index (χ0v) is 19.8. The van der Waals surface area contributed by atoms with E-state index in [9.17, 15) is 18.0 Å². The van der Waals surface area contributed by atoms with Crippen molar-refractivity contribution in [2.24, 2.45) is 0 Å². The Morgan fingerprint density at radius 3 is 2.40 bits per heavy atom. The molecule has 0 spiro atoms. The van der Waals surface area contributed by atoms with Gasteiger partial charge >= 0.3 is 6.18 Å². The van der Waals surface area contributed by atoms with Gasteiger partial charge in [-0.1, -0.05) is 18.2 Å². The highest BCUT2D eigenvalue weighted by molar-refractivity contribution is 5.94. The maximum atomic E-state index is 12.9. The summed E-state index contributed by atoms with van der Waals surface area (Å²) in [6.45, 7) is 6.87. The first-order valence-electron chi connectivity index (χ1n) is 12.2. The van der Waals surface area contributed by atoms with Crippen LogP contribution in [0, 0.1) is 0 Å². The van der Waals surface area contributed by atoms with Crippen LogP contribution in [0.4, 0.5) is 18.9 Å². The highest BCUT2D eigenvalue weighted by atomic mass is 19.4. The Morgan fingerprint density at radius 1 is 1.00 bits per heavy atom. The molecule has 2 aromatic carbocycles. The summed E-state index contributed by atoms with van der Waals surface area (Å²) in [5.74, 6) is -0.0673. The van der Waals surface area contributed by atoms with E-state index in [0.29, 0.717) is 24.2 Å². The monoisotopic (exact) mass is 490 g/mol. The maximum Gasteiger partial charge on any atom is 0.416 e. The van der Waals surface area contributed by atoms with E-state index >= 15 is 0 Å². The van der Waals surface area contributed by atoms with Gasteiger partial charge < -0.3 is 20.3 Å². The van der Waals surface area contributed by atoms with Crippen molar-refractivity contribution in [2.45, 2.75) is 31.6 Å². The highest BCUT2D eigenvalue weighted by Gasteiger charge is 2.30. The fourth-order valence-electron chi connectivity index (χ4n) is 4.54. The molecular formula is C26H33F3N4O2. The van der Waals surface area contributed by atoms with E-state index in [1.807, 2.05) is 24.3 Å². The van der Waals surface area contributed by atoms with Crippen LogP contribution in [0.3, 0.4) is 0 Å². The predicted molar refractivity (Wildman–Crippen MR) is 130 cm³/mol. The lowest BCUT2D eigenvalue weighted by molar-refractivity contribution is -0.137. The second-order valence-electron chi connectivity index (χ2n) is 9.10. The van der Waals surface area contributed by atoms with Crippen molar-refractivity contribution in [3.8, 4) is 0 Å². The average Bonchev–Trinajstić information content (AvgIpc) is 2.88. The van der Waals surface area contributed by atoms with Crippen molar-refractivity contribution in [1.29, 1.82) is 0 Å². The van der Waals surface area contributed by atoms with Crippen molar-refractivity contribution in [3.63, 3.8) is 0 Å². The summed E-state index contributed by atoms with van der Waals surface area (Å²) >= 11 is 0. The molecule has 0 bridgehead atoms.